The van der Waals surface area contributed by atoms with Crippen LogP contribution in [0, 0.1) is 0 Å². The zero-order valence-corrected chi connectivity index (χ0v) is 24.1. The van der Waals surface area contributed by atoms with Crippen molar-refractivity contribution in [1.29, 1.82) is 0 Å². The number of esters is 1. The Morgan fingerprint density at radius 3 is 2.42 bits per heavy atom. The minimum Gasteiger partial charge on any atom is -0.454 e. The summed E-state index contributed by atoms with van der Waals surface area (Å²) in [6, 6.07) is 18.3. The lowest BCUT2D eigenvalue weighted by atomic mass is 10.0. The Bertz CT molecular complexity index is 1810. The smallest absolute Gasteiger partial charge is 0.338 e. The van der Waals surface area contributed by atoms with Crippen molar-refractivity contribution >= 4 is 37.0 Å². The van der Waals surface area contributed by atoms with Crippen molar-refractivity contribution in [2.24, 2.45) is 0 Å². The van der Waals surface area contributed by atoms with E-state index in [1.165, 1.54) is 54.8 Å². The van der Waals surface area contributed by atoms with Crippen LogP contribution in [-0.2, 0) is 50.9 Å². The molecule has 5 rings (SSSR count). The van der Waals surface area contributed by atoms with Gasteiger partial charge in [0.15, 0.2) is 0 Å². The Hall–Kier alpha value is -3.58. The third kappa shape index (κ3) is 5.15. The molecule has 210 valence electrons. The summed E-state index contributed by atoms with van der Waals surface area (Å²) in [4.78, 5) is 17.6. The molecule has 0 N–H and O–H groups in total. The van der Waals surface area contributed by atoms with Crippen LogP contribution in [0.15, 0.2) is 76.5 Å². The van der Waals surface area contributed by atoms with E-state index < -0.39 is 26.0 Å². The second kappa shape index (κ2) is 10.8. The van der Waals surface area contributed by atoms with E-state index in [1.807, 2.05) is 35.8 Å². The Labute approximate surface area is 233 Å². The molecule has 0 unspecified atom stereocenters. The summed E-state index contributed by atoms with van der Waals surface area (Å²) in [6.45, 7) is 2.90. The van der Waals surface area contributed by atoms with Gasteiger partial charge in [-0.15, -0.1) is 0 Å². The molecule has 1 aliphatic heterocycles. The maximum Gasteiger partial charge on any atom is 0.338 e. The summed E-state index contributed by atoms with van der Waals surface area (Å²) in [5.41, 5.74) is 3.39. The van der Waals surface area contributed by atoms with Crippen LogP contribution >= 0.6 is 0 Å². The first kappa shape index (κ1) is 28.0. The van der Waals surface area contributed by atoms with Gasteiger partial charge in [0.05, 0.1) is 26.4 Å². The quantitative estimate of drug-likeness (QED) is 0.292. The van der Waals surface area contributed by atoms with E-state index in [4.69, 9.17) is 4.74 Å². The highest BCUT2D eigenvalue weighted by atomic mass is 32.2. The number of carbonyl (C=O) groups excluding carboxylic acids is 1. The van der Waals surface area contributed by atoms with E-state index in [9.17, 15) is 21.6 Å². The Kier molecular flexibility index (Phi) is 7.53. The molecule has 0 spiro atoms. The molecule has 1 aromatic heterocycles. The second-order valence-electron chi connectivity index (χ2n) is 9.67. The van der Waals surface area contributed by atoms with Gasteiger partial charge in [-0.2, -0.15) is 4.31 Å². The number of nitrogens with zero attached hydrogens (tertiary/aromatic N) is 4. The Morgan fingerprint density at radius 1 is 0.950 bits per heavy atom. The topological polar surface area (TPSA) is 119 Å². The van der Waals surface area contributed by atoms with Crippen molar-refractivity contribution in [3.05, 3.63) is 89.2 Å². The lowest BCUT2D eigenvalue weighted by Gasteiger charge is -2.28. The van der Waals surface area contributed by atoms with Gasteiger partial charge in [-0.3, -0.25) is 0 Å². The maximum absolute atomic E-state index is 13.4. The molecule has 0 saturated heterocycles. The van der Waals surface area contributed by atoms with E-state index >= 15 is 0 Å². The third-order valence-electron chi connectivity index (χ3n) is 7.03. The molecule has 0 amide bonds. The standard InChI is InChI=1S/C28H30N4O6S2/c1-4-32-26-13-12-24(39(34,35)30(2)3)17-25(26)29-27(32)19-38-28(33)21-10-7-11-23(16-21)40(36,37)31-15-14-20-8-5-6-9-22(20)18-31/h5-13,16-17H,4,14-15,18-19H2,1-3H3. The van der Waals surface area contributed by atoms with Gasteiger partial charge >= 0.3 is 5.97 Å². The Morgan fingerprint density at radius 2 is 1.70 bits per heavy atom. The van der Waals surface area contributed by atoms with Crippen LogP contribution in [0.2, 0.25) is 0 Å². The van der Waals surface area contributed by atoms with Crippen molar-refractivity contribution in [2.45, 2.75) is 42.8 Å². The van der Waals surface area contributed by atoms with Gasteiger partial charge in [0.25, 0.3) is 0 Å². The predicted molar refractivity (Wildman–Crippen MR) is 150 cm³/mol. The minimum atomic E-state index is -3.82. The number of ether oxygens (including phenoxy) is 1. The fourth-order valence-electron chi connectivity index (χ4n) is 4.81. The first-order valence-electron chi connectivity index (χ1n) is 12.8. The molecule has 40 heavy (non-hydrogen) atoms. The Balaban J connectivity index is 1.34. The van der Waals surface area contributed by atoms with Gasteiger partial charge in [-0.25, -0.2) is 30.9 Å². The number of benzene rings is 3. The number of rotatable bonds is 8. The monoisotopic (exact) mass is 582 g/mol. The number of fused-ring (bicyclic) bond motifs is 2. The van der Waals surface area contributed by atoms with E-state index in [0.29, 0.717) is 36.4 Å². The van der Waals surface area contributed by atoms with Crippen molar-refractivity contribution < 1.29 is 26.4 Å². The SMILES string of the molecule is CCn1c(COC(=O)c2cccc(S(=O)(=O)N3CCc4ccccc4C3)c2)nc2cc(S(=O)(=O)N(C)C)ccc21. The molecule has 0 aliphatic carbocycles. The van der Waals surface area contributed by atoms with Gasteiger partial charge in [-0.05, 0) is 60.9 Å². The molecule has 1 aliphatic rings. The number of sulfonamides is 2. The van der Waals surface area contributed by atoms with Gasteiger partial charge in [-0.1, -0.05) is 30.3 Å². The van der Waals surface area contributed by atoms with Crippen molar-refractivity contribution in [2.75, 3.05) is 20.6 Å². The van der Waals surface area contributed by atoms with Gasteiger partial charge < -0.3 is 9.30 Å². The fraction of sp³-hybridized carbons (Fsp3) is 0.286. The first-order chi connectivity index (χ1) is 19.0. The maximum atomic E-state index is 13.4. The van der Waals surface area contributed by atoms with Crippen LogP contribution in [0.4, 0.5) is 0 Å². The number of hydrogen-bond acceptors (Lipinski definition) is 7. The number of aryl methyl sites for hydroxylation is 1. The normalized spacial score (nSPS) is 14.4. The minimum absolute atomic E-state index is 0.0248. The molecular formula is C28H30N4O6S2. The van der Waals surface area contributed by atoms with Crippen LogP contribution < -0.4 is 0 Å². The molecule has 12 heteroatoms. The second-order valence-corrected chi connectivity index (χ2v) is 13.8. The molecule has 0 radical (unpaired) electrons. The van der Waals surface area contributed by atoms with Crippen molar-refractivity contribution in [3.63, 3.8) is 0 Å². The molecule has 0 bridgehead atoms. The summed E-state index contributed by atoms with van der Waals surface area (Å²) in [5.74, 6) is -0.243. The third-order valence-corrected chi connectivity index (χ3v) is 10.7. The summed E-state index contributed by atoms with van der Waals surface area (Å²) in [5, 5.41) is 0. The zero-order valence-electron chi connectivity index (χ0n) is 22.4. The summed E-state index contributed by atoms with van der Waals surface area (Å²) in [7, 11) is -4.54. The van der Waals surface area contributed by atoms with E-state index in [2.05, 4.69) is 4.98 Å². The number of carbonyl (C=O) groups is 1. The first-order valence-corrected chi connectivity index (χ1v) is 15.7. The molecule has 4 aromatic rings. The summed E-state index contributed by atoms with van der Waals surface area (Å²) in [6.07, 6.45) is 0.623. The molecule has 10 nitrogen and oxygen atoms in total. The summed E-state index contributed by atoms with van der Waals surface area (Å²) < 4.78 is 61.8. The molecule has 0 atom stereocenters. The highest BCUT2D eigenvalue weighted by Gasteiger charge is 2.29. The van der Waals surface area contributed by atoms with Crippen LogP contribution in [-0.4, -0.2) is 61.6 Å². The highest BCUT2D eigenvalue weighted by molar-refractivity contribution is 7.89. The number of aromatic nitrogens is 2. The van der Waals surface area contributed by atoms with Gasteiger partial charge in [0.1, 0.15) is 12.4 Å². The van der Waals surface area contributed by atoms with Crippen LogP contribution in [0.5, 0.6) is 0 Å². The van der Waals surface area contributed by atoms with Crippen LogP contribution in [0.1, 0.15) is 34.2 Å². The van der Waals surface area contributed by atoms with Crippen LogP contribution in [0.25, 0.3) is 11.0 Å². The molecule has 0 saturated carbocycles. The van der Waals surface area contributed by atoms with Gasteiger partial charge in [0, 0.05) is 33.7 Å². The number of hydrogen-bond donors (Lipinski definition) is 0. The van der Waals surface area contributed by atoms with Gasteiger partial charge in [0.2, 0.25) is 20.0 Å². The lowest BCUT2D eigenvalue weighted by Crippen LogP contribution is -2.36. The van der Waals surface area contributed by atoms with E-state index in [0.717, 1.165) is 15.4 Å². The van der Waals surface area contributed by atoms with Crippen molar-refractivity contribution in [1.82, 2.24) is 18.2 Å². The van der Waals surface area contributed by atoms with Crippen LogP contribution in [0.3, 0.4) is 0 Å². The zero-order chi connectivity index (χ0) is 28.7. The highest BCUT2D eigenvalue weighted by Crippen LogP contribution is 2.26. The van der Waals surface area contributed by atoms with E-state index in [1.54, 1.807) is 6.07 Å². The average molecular weight is 583 g/mol. The van der Waals surface area contributed by atoms with E-state index in [-0.39, 0.29) is 28.5 Å². The summed E-state index contributed by atoms with van der Waals surface area (Å²) >= 11 is 0. The molecule has 0 fully saturated rings. The molecular weight excluding hydrogens is 552 g/mol. The average Bonchev–Trinajstić information content (AvgIpc) is 3.32. The predicted octanol–water partition coefficient (Wildman–Crippen LogP) is 3.41. The van der Waals surface area contributed by atoms with Crippen molar-refractivity contribution in [3.8, 4) is 0 Å². The lowest BCUT2D eigenvalue weighted by molar-refractivity contribution is 0.0458. The molecule has 3 aromatic carbocycles. The fourth-order valence-corrected chi connectivity index (χ4v) is 7.20. The largest absolute Gasteiger partial charge is 0.454 e. The molecule has 2 heterocycles. The number of imidazole rings is 1.